The Morgan fingerprint density at radius 2 is 1.67 bits per heavy atom. The summed E-state index contributed by atoms with van der Waals surface area (Å²) in [4.78, 5) is 47.3. The summed E-state index contributed by atoms with van der Waals surface area (Å²) in [5.74, 6) is -3.21. The molecule has 0 radical (unpaired) electrons. The van der Waals surface area contributed by atoms with Gasteiger partial charge in [0.05, 0.1) is 37.7 Å². The predicted molar refractivity (Wildman–Crippen MR) is 80.1 cm³/mol. The lowest BCUT2D eigenvalue weighted by Crippen LogP contribution is -2.47. The number of nitro groups is 1. The normalized spacial score (nSPS) is 10.6. The van der Waals surface area contributed by atoms with Gasteiger partial charge in [0.15, 0.2) is 0 Å². The highest BCUT2D eigenvalue weighted by atomic mass is 16.6. The van der Waals surface area contributed by atoms with Crippen LogP contribution in [-0.4, -0.2) is 43.7 Å². The molecular formula is C15H17NO8. The second-order valence-electron chi connectivity index (χ2n) is 4.64. The Morgan fingerprint density at radius 3 is 2.12 bits per heavy atom. The Balaban J connectivity index is 3.69. The van der Waals surface area contributed by atoms with Crippen molar-refractivity contribution in [3.8, 4) is 0 Å². The minimum Gasteiger partial charge on any atom is -0.468 e. The van der Waals surface area contributed by atoms with Crippen LogP contribution in [0.4, 0.5) is 5.69 Å². The highest BCUT2D eigenvalue weighted by molar-refractivity contribution is 6.09. The van der Waals surface area contributed by atoms with Gasteiger partial charge in [-0.15, -0.1) is 0 Å². The second kappa shape index (κ2) is 8.04. The molecule has 0 aromatic heterocycles. The summed E-state index contributed by atoms with van der Waals surface area (Å²) < 4.78 is 14.1. The third-order valence-electron chi connectivity index (χ3n) is 3.34. The lowest BCUT2D eigenvalue weighted by Gasteiger charge is -2.27. The van der Waals surface area contributed by atoms with E-state index in [1.54, 1.807) is 6.92 Å². The van der Waals surface area contributed by atoms with E-state index in [1.807, 2.05) is 0 Å². The highest BCUT2D eigenvalue weighted by Crippen LogP contribution is 2.37. The molecule has 24 heavy (non-hydrogen) atoms. The Hall–Kier alpha value is -2.97. The molecule has 0 saturated heterocycles. The van der Waals surface area contributed by atoms with Crippen LogP contribution in [0.25, 0.3) is 0 Å². The molecule has 0 heterocycles. The minimum atomic E-state index is -2.33. The zero-order valence-corrected chi connectivity index (χ0v) is 13.4. The smallest absolute Gasteiger partial charge is 0.328 e. The predicted octanol–water partition coefficient (Wildman–Crippen LogP) is 1.13. The van der Waals surface area contributed by atoms with E-state index in [-0.39, 0.29) is 12.2 Å². The summed E-state index contributed by atoms with van der Waals surface area (Å²) >= 11 is 0. The largest absolute Gasteiger partial charge is 0.468 e. The van der Waals surface area contributed by atoms with Crippen LogP contribution < -0.4 is 0 Å². The maximum atomic E-state index is 12.4. The lowest BCUT2D eigenvalue weighted by molar-refractivity contribution is -0.386. The second-order valence-corrected chi connectivity index (χ2v) is 4.64. The Kier molecular flexibility index (Phi) is 6.39. The third-order valence-corrected chi connectivity index (χ3v) is 3.34. The van der Waals surface area contributed by atoms with Gasteiger partial charge in [-0.25, -0.2) is 0 Å². The minimum absolute atomic E-state index is 0.00808. The van der Waals surface area contributed by atoms with Gasteiger partial charge >= 0.3 is 17.9 Å². The fraction of sp³-hybridized carbons (Fsp3) is 0.400. The third kappa shape index (κ3) is 3.50. The highest BCUT2D eigenvalue weighted by Gasteiger charge is 2.55. The molecule has 0 N–H and O–H groups in total. The first-order chi connectivity index (χ1) is 11.3. The van der Waals surface area contributed by atoms with Gasteiger partial charge in [0.1, 0.15) is 0 Å². The van der Waals surface area contributed by atoms with Gasteiger partial charge in [0, 0.05) is 6.07 Å². The Labute approximate surface area is 137 Å². The van der Waals surface area contributed by atoms with Crippen molar-refractivity contribution < 1.29 is 33.5 Å². The number of para-hydroxylation sites is 1. The average Bonchev–Trinajstić information content (AvgIpc) is 2.58. The molecule has 0 saturated carbocycles. The standard InChI is InChI=1S/C15H17NO8/c1-4-24-12(17)9-15(13(18)22-2,14(19)23-3)10-7-5-6-8-11(10)16(20)21/h5-8H,4,9H2,1-3H3. The van der Waals surface area contributed by atoms with E-state index in [1.165, 1.54) is 18.2 Å². The van der Waals surface area contributed by atoms with Crippen molar-refractivity contribution in [2.75, 3.05) is 20.8 Å². The van der Waals surface area contributed by atoms with E-state index in [0.29, 0.717) is 0 Å². The molecule has 9 nitrogen and oxygen atoms in total. The number of rotatable bonds is 7. The number of carbonyl (C=O) groups is 3. The first-order valence-electron chi connectivity index (χ1n) is 6.91. The van der Waals surface area contributed by atoms with Gasteiger partial charge in [0.25, 0.3) is 5.69 Å². The molecule has 0 atom stereocenters. The molecule has 0 fully saturated rings. The first kappa shape index (κ1) is 19.1. The topological polar surface area (TPSA) is 122 Å². The van der Waals surface area contributed by atoms with E-state index < -0.39 is 40.4 Å². The number of esters is 3. The van der Waals surface area contributed by atoms with E-state index in [4.69, 9.17) is 4.74 Å². The van der Waals surface area contributed by atoms with Crippen LogP contribution in [0.3, 0.4) is 0 Å². The molecule has 1 rings (SSSR count). The van der Waals surface area contributed by atoms with Crippen molar-refractivity contribution >= 4 is 23.6 Å². The van der Waals surface area contributed by atoms with Crippen molar-refractivity contribution in [3.63, 3.8) is 0 Å². The number of hydrogen-bond acceptors (Lipinski definition) is 8. The number of ether oxygens (including phenoxy) is 3. The van der Waals surface area contributed by atoms with Gasteiger partial charge in [-0.05, 0) is 6.92 Å². The van der Waals surface area contributed by atoms with Gasteiger partial charge < -0.3 is 14.2 Å². The van der Waals surface area contributed by atoms with Crippen molar-refractivity contribution in [2.24, 2.45) is 0 Å². The molecule has 0 aliphatic rings. The van der Waals surface area contributed by atoms with Crippen LogP contribution in [-0.2, 0) is 34.0 Å². The number of carbonyl (C=O) groups excluding carboxylic acids is 3. The number of hydrogen-bond donors (Lipinski definition) is 0. The number of nitrogens with zero attached hydrogens (tertiary/aromatic N) is 1. The van der Waals surface area contributed by atoms with Gasteiger partial charge in [0.2, 0.25) is 5.41 Å². The first-order valence-corrected chi connectivity index (χ1v) is 6.91. The maximum absolute atomic E-state index is 12.4. The fourth-order valence-electron chi connectivity index (χ4n) is 2.31. The lowest BCUT2D eigenvalue weighted by atomic mass is 9.76. The van der Waals surface area contributed by atoms with Crippen molar-refractivity contribution in [2.45, 2.75) is 18.8 Å². The molecule has 0 bridgehead atoms. The van der Waals surface area contributed by atoms with E-state index >= 15 is 0 Å². The summed E-state index contributed by atoms with van der Waals surface area (Å²) in [5.41, 5.74) is -3.15. The maximum Gasteiger partial charge on any atom is 0.328 e. The summed E-state index contributed by atoms with van der Waals surface area (Å²) in [5, 5.41) is 11.3. The zero-order valence-electron chi connectivity index (χ0n) is 13.4. The molecule has 9 heteroatoms. The SMILES string of the molecule is CCOC(=O)CC(C(=O)OC)(C(=O)OC)c1ccccc1[N+](=O)[O-]. The molecule has 0 spiro atoms. The summed E-state index contributed by atoms with van der Waals surface area (Å²) in [6.45, 7) is 1.55. The Morgan fingerprint density at radius 1 is 1.12 bits per heavy atom. The molecule has 1 aromatic carbocycles. The zero-order chi connectivity index (χ0) is 18.3. The van der Waals surface area contributed by atoms with Gasteiger partial charge in [-0.3, -0.25) is 24.5 Å². The van der Waals surface area contributed by atoms with Crippen LogP contribution in [0.5, 0.6) is 0 Å². The molecule has 0 aliphatic carbocycles. The number of methoxy groups -OCH3 is 2. The Bertz CT molecular complexity index is 639. The molecule has 0 unspecified atom stereocenters. The van der Waals surface area contributed by atoms with Crippen molar-refractivity contribution in [1.82, 2.24) is 0 Å². The quantitative estimate of drug-likeness (QED) is 0.238. The molecule has 0 aliphatic heterocycles. The molecule has 130 valence electrons. The van der Waals surface area contributed by atoms with Crippen LogP contribution in [0.2, 0.25) is 0 Å². The summed E-state index contributed by atoms with van der Waals surface area (Å²) in [6, 6.07) is 5.08. The van der Waals surface area contributed by atoms with Gasteiger partial charge in [-0.1, -0.05) is 18.2 Å². The number of nitro benzene ring substituents is 1. The van der Waals surface area contributed by atoms with Crippen molar-refractivity contribution in [1.29, 1.82) is 0 Å². The van der Waals surface area contributed by atoms with E-state index in [2.05, 4.69) is 9.47 Å². The van der Waals surface area contributed by atoms with E-state index in [9.17, 15) is 24.5 Å². The molecule has 1 aromatic rings. The van der Waals surface area contributed by atoms with Gasteiger partial charge in [-0.2, -0.15) is 0 Å². The van der Waals surface area contributed by atoms with Crippen LogP contribution in [0.15, 0.2) is 24.3 Å². The monoisotopic (exact) mass is 339 g/mol. The average molecular weight is 339 g/mol. The van der Waals surface area contributed by atoms with Crippen LogP contribution in [0.1, 0.15) is 18.9 Å². The summed E-state index contributed by atoms with van der Waals surface area (Å²) in [6.07, 6.45) is -0.787. The van der Waals surface area contributed by atoms with Crippen LogP contribution in [0, 0.1) is 10.1 Å². The van der Waals surface area contributed by atoms with E-state index in [0.717, 1.165) is 20.3 Å². The molecular weight excluding hydrogens is 322 g/mol. The summed E-state index contributed by atoms with van der Waals surface area (Å²) in [7, 11) is 2.00. The number of benzene rings is 1. The fourth-order valence-corrected chi connectivity index (χ4v) is 2.31. The molecule has 0 amide bonds. The van der Waals surface area contributed by atoms with Crippen LogP contribution >= 0.6 is 0 Å². The van der Waals surface area contributed by atoms with Crippen molar-refractivity contribution in [3.05, 3.63) is 39.9 Å².